The van der Waals surface area contributed by atoms with Gasteiger partial charge in [0.1, 0.15) is 11.2 Å². The molecule has 0 saturated carbocycles. The van der Waals surface area contributed by atoms with Crippen LogP contribution in [0.5, 0.6) is 0 Å². The fraction of sp³-hybridized carbons (Fsp3) is 0. The second kappa shape index (κ2) is 12.4. The molecule has 57 heavy (non-hydrogen) atoms. The Balaban J connectivity index is 1.01. The Morgan fingerprint density at radius 1 is 0.281 bits per heavy atom. The van der Waals surface area contributed by atoms with E-state index < -0.39 is 0 Å². The molecule has 0 fully saturated rings. The van der Waals surface area contributed by atoms with E-state index in [-0.39, 0.29) is 0 Å². The largest absolute Gasteiger partial charge is 0.456 e. The molecule has 2 aromatic heterocycles. The van der Waals surface area contributed by atoms with Crippen molar-refractivity contribution in [3.05, 3.63) is 188 Å². The highest BCUT2D eigenvalue weighted by atomic mass is 16.3. The number of hydrogen-bond donors (Lipinski definition) is 0. The lowest BCUT2D eigenvalue weighted by molar-refractivity contribution is 0.669. The molecule has 2 heterocycles. The monoisotopic (exact) mass is 725 g/mol. The maximum Gasteiger partial charge on any atom is 0.164 e. The van der Waals surface area contributed by atoms with Crippen molar-refractivity contribution in [2.24, 2.45) is 0 Å². The van der Waals surface area contributed by atoms with E-state index in [0.29, 0.717) is 17.5 Å². The number of benzene rings is 9. The normalized spacial score (nSPS) is 11.9. The third-order valence-electron chi connectivity index (χ3n) is 11.5. The minimum atomic E-state index is 0.597. The van der Waals surface area contributed by atoms with Gasteiger partial charge in [0.2, 0.25) is 0 Å². The van der Waals surface area contributed by atoms with Gasteiger partial charge in [0, 0.05) is 27.5 Å². The van der Waals surface area contributed by atoms with Crippen LogP contribution in [0.2, 0.25) is 0 Å². The third kappa shape index (κ3) is 5.04. The summed E-state index contributed by atoms with van der Waals surface area (Å²) in [6.45, 7) is 0. The van der Waals surface area contributed by atoms with Gasteiger partial charge in [-0.15, -0.1) is 0 Å². The lowest BCUT2D eigenvalue weighted by atomic mass is 9.93. The molecule has 0 amide bonds. The summed E-state index contributed by atoms with van der Waals surface area (Å²) in [5.41, 5.74) is 14.1. The predicted molar refractivity (Wildman–Crippen MR) is 234 cm³/mol. The van der Waals surface area contributed by atoms with Crippen LogP contribution in [0.25, 0.3) is 122 Å². The number of fused-ring (bicyclic) bond motifs is 7. The standard InChI is InChI=1S/C53H31N3O/c1-2-10-32(11-3-1)34-20-23-35(24-21-34)51-54-52(38-25-22-33-12-4-5-13-36(33)30-38)56-53(55-51)46-18-9-19-47-50(46)45-27-26-37(31-48(45)57-47)39-28-29-44-41-15-7-6-14-40(41)43-17-8-16-42(39)49(43)44/h1-31H. The molecule has 0 N–H and O–H groups in total. The van der Waals surface area contributed by atoms with E-state index in [1.807, 2.05) is 18.2 Å². The van der Waals surface area contributed by atoms with E-state index in [2.05, 4.69) is 170 Å². The zero-order valence-electron chi connectivity index (χ0n) is 30.6. The summed E-state index contributed by atoms with van der Waals surface area (Å²) >= 11 is 0. The molecule has 1 aliphatic rings. The lowest BCUT2D eigenvalue weighted by Gasteiger charge is -2.11. The summed E-state index contributed by atoms with van der Waals surface area (Å²) in [5.74, 6) is 1.83. The first-order valence-corrected chi connectivity index (χ1v) is 19.3. The van der Waals surface area contributed by atoms with Gasteiger partial charge in [0.15, 0.2) is 17.5 Å². The van der Waals surface area contributed by atoms with Crippen LogP contribution in [-0.4, -0.2) is 15.0 Å². The van der Waals surface area contributed by atoms with Gasteiger partial charge in [0.05, 0.1) is 0 Å². The number of rotatable bonds is 5. The van der Waals surface area contributed by atoms with E-state index in [1.54, 1.807) is 0 Å². The zero-order chi connectivity index (χ0) is 37.5. The molecular weight excluding hydrogens is 695 g/mol. The minimum absolute atomic E-state index is 0.597. The number of aromatic nitrogens is 3. The smallest absolute Gasteiger partial charge is 0.164 e. The van der Waals surface area contributed by atoms with Crippen LogP contribution in [0.4, 0.5) is 0 Å². The van der Waals surface area contributed by atoms with E-state index >= 15 is 0 Å². The molecule has 0 aliphatic heterocycles. The van der Waals surface area contributed by atoms with Crippen LogP contribution in [-0.2, 0) is 0 Å². The van der Waals surface area contributed by atoms with Gasteiger partial charge in [-0.25, -0.2) is 15.0 Å². The van der Waals surface area contributed by atoms with Crippen molar-refractivity contribution >= 4 is 43.5 Å². The van der Waals surface area contributed by atoms with Gasteiger partial charge in [-0.3, -0.25) is 0 Å². The van der Waals surface area contributed by atoms with E-state index in [9.17, 15) is 0 Å². The summed E-state index contributed by atoms with van der Waals surface area (Å²) in [6.07, 6.45) is 0. The van der Waals surface area contributed by atoms with Crippen LogP contribution in [0.3, 0.4) is 0 Å². The van der Waals surface area contributed by atoms with Gasteiger partial charge in [-0.05, 0) is 90.3 Å². The molecule has 1 aliphatic carbocycles. The Labute approximate surface area is 328 Å². The predicted octanol–water partition coefficient (Wildman–Crippen LogP) is 14.1. The fourth-order valence-corrected chi connectivity index (χ4v) is 8.77. The maximum atomic E-state index is 6.66. The molecule has 0 atom stereocenters. The van der Waals surface area contributed by atoms with Crippen LogP contribution in [0.1, 0.15) is 0 Å². The lowest BCUT2D eigenvalue weighted by Crippen LogP contribution is -2.00. The molecule has 12 rings (SSSR count). The van der Waals surface area contributed by atoms with Crippen molar-refractivity contribution in [2.45, 2.75) is 0 Å². The highest BCUT2D eigenvalue weighted by Gasteiger charge is 2.23. The Morgan fingerprint density at radius 3 is 1.72 bits per heavy atom. The maximum absolute atomic E-state index is 6.66. The van der Waals surface area contributed by atoms with Crippen LogP contribution >= 0.6 is 0 Å². The van der Waals surface area contributed by atoms with Crippen molar-refractivity contribution in [3.63, 3.8) is 0 Å². The average Bonchev–Trinajstić information content (AvgIpc) is 3.83. The van der Waals surface area contributed by atoms with Gasteiger partial charge in [-0.2, -0.15) is 0 Å². The second-order valence-electron chi connectivity index (χ2n) is 14.7. The topological polar surface area (TPSA) is 51.8 Å². The molecule has 0 saturated heterocycles. The van der Waals surface area contributed by atoms with Gasteiger partial charge in [0.25, 0.3) is 0 Å². The fourth-order valence-electron chi connectivity index (χ4n) is 8.77. The van der Waals surface area contributed by atoms with Gasteiger partial charge < -0.3 is 4.42 Å². The Kier molecular flexibility index (Phi) is 6.89. The van der Waals surface area contributed by atoms with Gasteiger partial charge in [-0.1, -0.05) is 164 Å². The molecule has 4 heteroatoms. The van der Waals surface area contributed by atoms with Crippen molar-refractivity contribution < 1.29 is 4.42 Å². The van der Waals surface area contributed by atoms with Crippen LogP contribution < -0.4 is 0 Å². The highest BCUT2D eigenvalue weighted by molar-refractivity contribution is 6.19. The summed E-state index contributed by atoms with van der Waals surface area (Å²) in [7, 11) is 0. The summed E-state index contributed by atoms with van der Waals surface area (Å²) in [6, 6.07) is 66.2. The van der Waals surface area contributed by atoms with Crippen molar-refractivity contribution in [3.8, 4) is 78.7 Å². The second-order valence-corrected chi connectivity index (χ2v) is 14.7. The Hall–Kier alpha value is -7.69. The van der Waals surface area contributed by atoms with Crippen molar-refractivity contribution in [2.75, 3.05) is 0 Å². The Bertz CT molecular complexity index is 3370. The van der Waals surface area contributed by atoms with Crippen molar-refractivity contribution in [1.29, 1.82) is 0 Å². The quantitative estimate of drug-likeness (QED) is 0.177. The molecule has 264 valence electrons. The first kappa shape index (κ1) is 31.6. The molecule has 0 unspecified atom stereocenters. The first-order chi connectivity index (χ1) is 28.2. The molecule has 4 nitrogen and oxygen atoms in total. The Morgan fingerprint density at radius 2 is 0.877 bits per heavy atom. The molecule has 0 spiro atoms. The third-order valence-corrected chi connectivity index (χ3v) is 11.5. The van der Waals surface area contributed by atoms with E-state index in [1.165, 1.54) is 44.0 Å². The first-order valence-electron chi connectivity index (χ1n) is 19.3. The molecular formula is C53H31N3O. The van der Waals surface area contributed by atoms with Crippen LogP contribution in [0, 0.1) is 0 Å². The number of nitrogens with zero attached hydrogens (tertiary/aromatic N) is 3. The van der Waals surface area contributed by atoms with Crippen LogP contribution in [0.15, 0.2) is 192 Å². The molecule has 0 bridgehead atoms. The number of hydrogen-bond acceptors (Lipinski definition) is 4. The number of furan rings is 1. The van der Waals surface area contributed by atoms with E-state index in [0.717, 1.165) is 60.7 Å². The minimum Gasteiger partial charge on any atom is -0.456 e. The van der Waals surface area contributed by atoms with Gasteiger partial charge >= 0.3 is 0 Å². The molecule has 0 radical (unpaired) electrons. The van der Waals surface area contributed by atoms with E-state index in [4.69, 9.17) is 19.4 Å². The summed E-state index contributed by atoms with van der Waals surface area (Å²) < 4.78 is 6.66. The van der Waals surface area contributed by atoms with Crippen molar-refractivity contribution in [1.82, 2.24) is 15.0 Å². The zero-order valence-corrected chi connectivity index (χ0v) is 30.6. The summed E-state index contributed by atoms with van der Waals surface area (Å²) in [5, 5.41) is 6.86. The SMILES string of the molecule is c1ccc(-c2ccc(-c3nc(-c4ccc5ccccc5c4)nc(-c4cccc5oc6cc(-c7ccc8c9c(cccc79)-c7ccccc7-8)ccc6c45)n3)cc2)cc1. The summed E-state index contributed by atoms with van der Waals surface area (Å²) in [4.78, 5) is 15.5. The molecule has 11 aromatic rings. The molecule has 9 aromatic carbocycles. The highest BCUT2D eigenvalue weighted by Crippen LogP contribution is 2.49. The average molecular weight is 726 g/mol.